The summed E-state index contributed by atoms with van der Waals surface area (Å²) in [6, 6.07) is 5.88. The molecule has 0 atom stereocenters. The van der Waals surface area contributed by atoms with Gasteiger partial charge in [0.1, 0.15) is 0 Å². The van der Waals surface area contributed by atoms with Gasteiger partial charge in [-0.3, -0.25) is 4.79 Å². The number of carbonyl (C=O) groups is 1. The minimum atomic E-state index is 0.433. The molecule has 1 heterocycles. The van der Waals surface area contributed by atoms with Crippen molar-refractivity contribution in [2.45, 2.75) is 33.1 Å². The lowest BCUT2D eigenvalue weighted by atomic mass is 9.82. The maximum Gasteiger partial charge on any atom is 0.152 e. The average Bonchev–Trinajstić information content (AvgIpc) is 2.83. The van der Waals surface area contributed by atoms with Gasteiger partial charge in [-0.2, -0.15) is 0 Å². The third-order valence-corrected chi connectivity index (χ3v) is 4.89. The summed E-state index contributed by atoms with van der Waals surface area (Å²) in [5, 5.41) is 0. The second-order valence-corrected chi connectivity index (χ2v) is 6.12. The van der Waals surface area contributed by atoms with E-state index in [0.717, 1.165) is 35.1 Å². The van der Waals surface area contributed by atoms with Gasteiger partial charge in [-0.1, -0.05) is 29.8 Å². The Morgan fingerprint density at radius 1 is 1.39 bits per heavy atom. The second kappa shape index (κ2) is 5.43. The molecule has 0 spiro atoms. The molecule has 0 unspecified atom stereocenters. The van der Waals surface area contributed by atoms with E-state index in [4.69, 9.17) is 0 Å². The van der Waals surface area contributed by atoms with Crippen LogP contribution in [0.5, 0.6) is 0 Å². The molecular weight excluding hydrogens is 290 g/mol. The van der Waals surface area contributed by atoms with Gasteiger partial charge in [-0.05, 0) is 42.9 Å². The number of hydrogen-bond acceptors (Lipinski definition) is 2. The maximum absolute atomic E-state index is 11.2. The van der Waals surface area contributed by atoms with Crippen LogP contribution in [-0.4, -0.2) is 19.4 Å². The summed E-state index contributed by atoms with van der Waals surface area (Å²) in [5.41, 5.74) is 2.30. The molecule has 0 aliphatic carbocycles. The first-order chi connectivity index (χ1) is 8.64. The van der Waals surface area contributed by atoms with Gasteiger partial charge in [-0.15, -0.1) is 0 Å². The Morgan fingerprint density at radius 3 is 2.67 bits per heavy atom. The number of aldehydes is 1. The smallest absolute Gasteiger partial charge is 0.152 e. The van der Waals surface area contributed by atoms with Crippen molar-refractivity contribution < 1.29 is 4.79 Å². The topological polar surface area (TPSA) is 20.3 Å². The monoisotopic (exact) mass is 309 g/mol. The van der Waals surface area contributed by atoms with Crippen LogP contribution in [0.25, 0.3) is 0 Å². The highest BCUT2D eigenvalue weighted by Crippen LogP contribution is 2.40. The highest BCUT2D eigenvalue weighted by molar-refractivity contribution is 9.10. The molecule has 98 valence electrons. The molecule has 2 nitrogen and oxygen atoms in total. The van der Waals surface area contributed by atoms with Crippen LogP contribution in [0, 0.1) is 5.41 Å². The largest absolute Gasteiger partial charge is 0.370 e. The van der Waals surface area contributed by atoms with Crippen molar-refractivity contribution in [3.63, 3.8) is 0 Å². The van der Waals surface area contributed by atoms with Gasteiger partial charge in [0.15, 0.2) is 6.29 Å². The van der Waals surface area contributed by atoms with E-state index in [0.29, 0.717) is 5.41 Å². The molecule has 1 aromatic rings. The normalized spacial score (nSPS) is 18.1. The first-order valence-electron chi connectivity index (χ1n) is 6.64. The minimum absolute atomic E-state index is 0.433. The molecule has 18 heavy (non-hydrogen) atoms. The number of halogens is 1. The number of nitrogens with zero attached hydrogens (tertiary/aromatic N) is 1. The number of anilines is 1. The van der Waals surface area contributed by atoms with Crippen LogP contribution in [0.3, 0.4) is 0 Å². The van der Waals surface area contributed by atoms with Crippen molar-refractivity contribution in [1.29, 1.82) is 0 Å². The zero-order chi connectivity index (χ0) is 13.2. The molecule has 0 amide bonds. The highest BCUT2D eigenvalue weighted by Gasteiger charge is 2.35. The summed E-state index contributed by atoms with van der Waals surface area (Å²) in [7, 11) is 0. The molecule has 0 N–H and O–H groups in total. The summed E-state index contributed by atoms with van der Waals surface area (Å²) in [6.07, 6.45) is 4.61. The van der Waals surface area contributed by atoms with Crippen LogP contribution >= 0.6 is 15.9 Å². The average molecular weight is 310 g/mol. The van der Waals surface area contributed by atoms with Crippen molar-refractivity contribution >= 4 is 27.9 Å². The molecule has 1 aromatic carbocycles. The maximum atomic E-state index is 11.2. The predicted octanol–water partition coefficient (Wildman–Crippen LogP) is 4.28. The second-order valence-electron chi connectivity index (χ2n) is 5.20. The lowest BCUT2D eigenvalue weighted by molar-refractivity contribution is 0.112. The fraction of sp³-hybridized carbons (Fsp3) is 0.533. The standard InChI is InChI=1S/C15H20BrNO/c1-3-15(4-2)7-8-17(11-15)14-9-13(16)6-5-12(14)10-18/h5-6,9-10H,3-4,7-8,11H2,1-2H3. The van der Waals surface area contributed by atoms with Gasteiger partial charge in [-0.25, -0.2) is 0 Å². The van der Waals surface area contributed by atoms with Crippen LogP contribution in [0.1, 0.15) is 43.5 Å². The van der Waals surface area contributed by atoms with Crippen LogP contribution in [0.4, 0.5) is 5.69 Å². The Morgan fingerprint density at radius 2 is 2.11 bits per heavy atom. The third kappa shape index (κ3) is 2.46. The van der Waals surface area contributed by atoms with E-state index in [2.05, 4.69) is 40.7 Å². The van der Waals surface area contributed by atoms with E-state index in [9.17, 15) is 4.79 Å². The molecule has 3 heteroatoms. The van der Waals surface area contributed by atoms with Crippen LogP contribution in [-0.2, 0) is 0 Å². The van der Waals surface area contributed by atoms with Gasteiger partial charge in [0.25, 0.3) is 0 Å². The van der Waals surface area contributed by atoms with E-state index in [1.165, 1.54) is 19.3 Å². The molecule has 2 rings (SSSR count). The first kappa shape index (κ1) is 13.6. The fourth-order valence-electron chi connectivity index (χ4n) is 2.86. The summed E-state index contributed by atoms with van der Waals surface area (Å²) in [6.45, 7) is 6.67. The van der Waals surface area contributed by atoms with Gasteiger partial charge < -0.3 is 4.90 Å². The SMILES string of the molecule is CCC1(CC)CCN(c2cc(Br)ccc2C=O)C1. The molecule has 1 aliphatic rings. The van der Waals surface area contributed by atoms with Crippen molar-refractivity contribution in [2.75, 3.05) is 18.0 Å². The summed E-state index contributed by atoms with van der Waals surface area (Å²) in [4.78, 5) is 13.5. The van der Waals surface area contributed by atoms with Gasteiger partial charge in [0, 0.05) is 28.8 Å². The van der Waals surface area contributed by atoms with E-state index < -0.39 is 0 Å². The zero-order valence-corrected chi connectivity index (χ0v) is 12.7. The molecule has 0 radical (unpaired) electrons. The van der Waals surface area contributed by atoms with E-state index in [-0.39, 0.29) is 0 Å². The lowest BCUT2D eigenvalue weighted by Gasteiger charge is -2.27. The number of hydrogen-bond donors (Lipinski definition) is 0. The van der Waals surface area contributed by atoms with Crippen molar-refractivity contribution in [3.8, 4) is 0 Å². The predicted molar refractivity (Wildman–Crippen MR) is 79.4 cm³/mol. The molecule has 0 saturated carbocycles. The Labute approximate surface area is 117 Å². The quantitative estimate of drug-likeness (QED) is 0.774. The van der Waals surface area contributed by atoms with Gasteiger partial charge >= 0.3 is 0 Å². The van der Waals surface area contributed by atoms with Crippen LogP contribution in [0.2, 0.25) is 0 Å². The minimum Gasteiger partial charge on any atom is -0.370 e. The van der Waals surface area contributed by atoms with Crippen molar-refractivity contribution in [1.82, 2.24) is 0 Å². The Bertz CT molecular complexity index is 440. The van der Waals surface area contributed by atoms with Crippen LogP contribution < -0.4 is 4.90 Å². The van der Waals surface area contributed by atoms with E-state index in [1.807, 2.05) is 12.1 Å². The first-order valence-corrected chi connectivity index (χ1v) is 7.43. The number of rotatable bonds is 4. The van der Waals surface area contributed by atoms with Crippen LogP contribution in [0.15, 0.2) is 22.7 Å². The molecule has 1 aliphatic heterocycles. The lowest BCUT2D eigenvalue weighted by Crippen LogP contribution is -2.26. The molecule has 0 aromatic heterocycles. The van der Waals surface area contributed by atoms with Gasteiger partial charge in [0.2, 0.25) is 0 Å². The van der Waals surface area contributed by atoms with E-state index in [1.54, 1.807) is 0 Å². The summed E-state index contributed by atoms with van der Waals surface area (Å²) < 4.78 is 1.04. The summed E-state index contributed by atoms with van der Waals surface area (Å²) in [5.74, 6) is 0. The number of benzene rings is 1. The van der Waals surface area contributed by atoms with Gasteiger partial charge in [0.05, 0.1) is 0 Å². The highest BCUT2D eigenvalue weighted by atomic mass is 79.9. The summed E-state index contributed by atoms with van der Waals surface area (Å²) >= 11 is 3.49. The molecule has 0 bridgehead atoms. The fourth-order valence-corrected chi connectivity index (χ4v) is 3.21. The van der Waals surface area contributed by atoms with E-state index >= 15 is 0 Å². The molecule has 1 saturated heterocycles. The third-order valence-electron chi connectivity index (χ3n) is 4.40. The van der Waals surface area contributed by atoms with Crippen molar-refractivity contribution in [3.05, 3.63) is 28.2 Å². The molecular formula is C15H20BrNO. The molecule has 1 fully saturated rings. The number of carbonyl (C=O) groups excluding carboxylic acids is 1. The zero-order valence-electron chi connectivity index (χ0n) is 11.1. The Hall–Kier alpha value is -0.830. The Kier molecular flexibility index (Phi) is 4.10. The van der Waals surface area contributed by atoms with Crippen molar-refractivity contribution in [2.24, 2.45) is 5.41 Å². The Balaban J connectivity index is 2.28.